The molecule has 0 bridgehead atoms. The Hall–Kier alpha value is -1.15. The third kappa shape index (κ3) is 6.90. The zero-order valence-corrected chi connectivity index (χ0v) is 13.7. The van der Waals surface area contributed by atoms with Crippen molar-refractivity contribution in [1.29, 1.82) is 0 Å². The summed E-state index contributed by atoms with van der Waals surface area (Å²) in [6.07, 6.45) is 4.56. The van der Waals surface area contributed by atoms with Crippen LogP contribution in [0.3, 0.4) is 0 Å². The molecule has 21 heavy (non-hydrogen) atoms. The first-order valence-corrected chi connectivity index (χ1v) is 8.62. The van der Waals surface area contributed by atoms with Crippen molar-refractivity contribution in [3.05, 3.63) is 34.3 Å². The first kappa shape index (κ1) is 17.9. The summed E-state index contributed by atoms with van der Waals surface area (Å²) in [5.74, 6) is 6.68. The minimum absolute atomic E-state index is 0.0294. The van der Waals surface area contributed by atoms with Gasteiger partial charge in [0.05, 0.1) is 11.6 Å². The van der Waals surface area contributed by atoms with Crippen molar-refractivity contribution >= 4 is 29.3 Å². The second kappa shape index (κ2) is 10.6. The van der Waals surface area contributed by atoms with E-state index in [1.807, 2.05) is 11.8 Å². The predicted molar refractivity (Wildman–Crippen MR) is 90.0 cm³/mol. The highest BCUT2D eigenvalue weighted by atomic mass is 35.5. The Labute approximate surface area is 135 Å². The molecule has 0 unspecified atom stereocenters. The van der Waals surface area contributed by atoms with Crippen molar-refractivity contribution in [2.24, 2.45) is 0 Å². The van der Waals surface area contributed by atoms with Gasteiger partial charge in [-0.1, -0.05) is 23.4 Å². The van der Waals surface area contributed by atoms with Gasteiger partial charge in [-0.3, -0.25) is 4.79 Å². The topological polar surface area (TPSA) is 49.3 Å². The number of hydrogen-bond donors (Lipinski definition) is 2. The standard InChI is InChI=1S/C16H20ClNO2S/c1-21-11-5-3-9-18-16(20)14-8-7-13(15(17)12-14)6-2-4-10-19/h7-8,12,19H,3-5,9-11H2,1H3,(H,18,20). The van der Waals surface area contributed by atoms with Gasteiger partial charge in [0.25, 0.3) is 5.91 Å². The van der Waals surface area contributed by atoms with E-state index in [2.05, 4.69) is 23.4 Å². The highest BCUT2D eigenvalue weighted by Crippen LogP contribution is 2.17. The molecule has 0 atom stereocenters. The SMILES string of the molecule is CSCCCCNC(=O)c1ccc(C#CCCO)c(Cl)c1. The van der Waals surface area contributed by atoms with Gasteiger partial charge in [0.15, 0.2) is 0 Å². The molecule has 0 saturated heterocycles. The molecule has 1 amide bonds. The lowest BCUT2D eigenvalue weighted by Gasteiger charge is -2.06. The second-order valence-corrected chi connectivity index (χ2v) is 5.82. The van der Waals surface area contributed by atoms with Crippen LogP contribution in [0, 0.1) is 11.8 Å². The van der Waals surface area contributed by atoms with Gasteiger partial charge in [-0.2, -0.15) is 11.8 Å². The normalized spacial score (nSPS) is 9.86. The summed E-state index contributed by atoms with van der Waals surface area (Å²) in [4.78, 5) is 12.0. The van der Waals surface area contributed by atoms with Crippen LogP contribution in [0.5, 0.6) is 0 Å². The van der Waals surface area contributed by atoms with Crippen LogP contribution in [0.4, 0.5) is 0 Å². The molecule has 0 heterocycles. The van der Waals surface area contributed by atoms with Crippen LogP contribution in [0.25, 0.3) is 0 Å². The van der Waals surface area contributed by atoms with E-state index in [0.29, 0.717) is 29.1 Å². The zero-order valence-electron chi connectivity index (χ0n) is 12.1. The number of carbonyl (C=O) groups is 1. The molecular formula is C16H20ClNO2S. The number of thioether (sulfide) groups is 1. The number of hydrogen-bond acceptors (Lipinski definition) is 3. The van der Waals surface area contributed by atoms with E-state index in [1.165, 1.54) is 0 Å². The molecule has 3 nitrogen and oxygen atoms in total. The Balaban J connectivity index is 2.54. The van der Waals surface area contributed by atoms with Crippen LogP contribution >= 0.6 is 23.4 Å². The largest absolute Gasteiger partial charge is 0.395 e. The molecule has 0 aliphatic carbocycles. The predicted octanol–water partition coefficient (Wildman–Crippen LogP) is 2.95. The molecule has 0 spiro atoms. The van der Waals surface area contributed by atoms with Gasteiger partial charge < -0.3 is 10.4 Å². The first-order valence-electron chi connectivity index (χ1n) is 6.85. The number of benzene rings is 1. The monoisotopic (exact) mass is 325 g/mol. The lowest BCUT2D eigenvalue weighted by molar-refractivity contribution is 0.0953. The summed E-state index contributed by atoms with van der Waals surface area (Å²) in [7, 11) is 0. The van der Waals surface area contributed by atoms with E-state index in [4.69, 9.17) is 16.7 Å². The number of aliphatic hydroxyl groups is 1. The van der Waals surface area contributed by atoms with Crippen molar-refractivity contribution in [3.8, 4) is 11.8 Å². The number of unbranched alkanes of at least 4 members (excludes halogenated alkanes) is 1. The van der Waals surface area contributed by atoms with Gasteiger partial charge in [-0.05, 0) is 43.0 Å². The van der Waals surface area contributed by atoms with E-state index in [9.17, 15) is 4.79 Å². The molecule has 1 rings (SSSR count). The van der Waals surface area contributed by atoms with Gasteiger partial charge in [-0.25, -0.2) is 0 Å². The molecule has 2 N–H and O–H groups in total. The van der Waals surface area contributed by atoms with Crippen molar-refractivity contribution in [1.82, 2.24) is 5.32 Å². The number of rotatable bonds is 7. The third-order valence-electron chi connectivity index (χ3n) is 2.75. The molecule has 0 saturated carbocycles. The number of carbonyl (C=O) groups excluding carboxylic acids is 1. The fourth-order valence-electron chi connectivity index (χ4n) is 1.65. The molecule has 1 aromatic rings. The van der Waals surface area contributed by atoms with E-state index < -0.39 is 0 Å². The summed E-state index contributed by atoms with van der Waals surface area (Å²) in [6, 6.07) is 5.07. The Morgan fingerprint density at radius 2 is 2.24 bits per heavy atom. The molecule has 114 valence electrons. The maximum Gasteiger partial charge on any atom is 0.251 e. The average Bonchev–Trinajstić information content (AvgIpc) is 2.48. The Morgan fingerprint density at radius 3 is 2.90 bits per heavy atom. The number of nitrogens with one attached hydrogen (secondary N) is 1. The van der Waals surface area contributed by atoms with Gasteiger partial charge >= 0.3 is 0 Å². The fraction of sp³-hybridized carbons (Fsp3) is 0.438. The van der Waals surface area contributed by atoms with Crippen molar-refractivity contribution in [2.45, 2.75) is 19.3 Å². The fourth-order valence-corrected chi connectivity index (χ4v) is 2.37. The number of aliphatic hydroxyl groups excluding tert-OH is 1. The van der Waals surface area contributed by atoms with Gasteiger partial charge in [0.2, 0.25) is 0 Å². The summed E-state index contributed by atoms with van der Waals surface area (Å²) in [5.41, 5.74) is 1.21. The highest BCUT2D eigenvalue weighted by Gasteiger charge is 2.07. The van der Waals surface area contributed by atoms with Crippen LogP contribution < -0.4 is 5.32 Å². The molecular weight excluding hydrogens is 306 g/mol. The summed E-state index contributed by atoms with van der Waals surface area (Å²) in [6.45, 7) is 0.705. The van der Waals surface area contributed by atoms with Gasteiger partial charge in [-0.15, -0.1) is 0 Å². The highest BCUT2D eigenvalue weighted by molar-refractivity contribution is 7.98. The van der Waals surface area contributed by atoms with Crippen LogP contribution in [-0.2, 0) is 0 Å². The molecule has 5 heteroatoms. The molecule has 0 aromatic heterocycles. The molecule has 0 aliphatic rings. The lowest BCUT2D eigenvalue weighted by atomic mass is 10.1. The van der Waals surface area contributed by atoms with Crippen LogP contribution in [0.15, 0.2) is 18.2 Å². The Morgan fingerprint density at radius 1 is 1.43 bits per heavy atom. The van der Waals surface area contributed by atoms with Crippen LogP contribution in [0.2, 0.25) is 5.02 Å². The van der Waals surface area contributed by atoms with E-state index in [0.717, 1.165) is 18.6 Å². The summed E-state index contributed by atoms with van der Waals surface area (Å²) < 4.78 is 0. The van der Waals surface area contributed by atoms with Crippen LogP contribution in [0.1, 0.15) is 35.2 Å². The zero-order chi connectivity index (χ0) is 15.5. The first-order chi connectivity index (χ1) is 10.2. The average molecular weight is 326 g/mol. The van der Waals surface area contributed by atoms with Crippen molar-refractivity contribution < 1.29 is 9.90 Å². The maximum absolute atomic E-state index is 12.0. The number of amides is 1. The Kier molecular flexibility index (Phi) is 9.00. The molecule has 0 fully saturated rings. The van der Waals surface area contributed by atoms with E-state index in [-0.39, 0.29) is 12.5 Å². The van der Waals surface area contributed by atoms with Crippen molar-refractivity contribution in [2.75, 3.05) is 25.2 Å². The molecule has 1 aromatic carbocycles. The lowest BCUT2D eigenvalue weighted by Crippen LogP contribution is -2.24. The minimum Gasteiger partial charge on any atom is -0.395 e. The van der Waals surface area contributed by atoms with Gasteiger partial charge in [0, 0.05) is 24.1 Å². The maximum atomic E-state index is 12.0. The summed E-state index contributed by atoms with van der Waals surface area (Å²) >= 11 is 7.92. The summed E-state index contributed by atoms with van der Waals surface area (Å²) in [5, 5.41) is 12.0. The number of halogens is 1. The molecule has 0 aliphatic heterocycles. The van der Waals surface area contributed by atoms with Crippen molar-refractivity contribution in [3.63, 3.8) is 0 Å². The van der Waals surface area contributed by atoms with E-state index in [1.54, 1.807) is 18.2 Å². The quantitative estimate of drug-likeness (QED) is 0.598. The second-order valence-electron chi connectivity index (χ2n) is 4.43. The minimum atomic E-state index is -0.115. The third-order valence-corrected chi connectivity index (χ3v) is 3.76. The van der Waals surface area contributed by atoms with Gasteiger partial charge in [0.1, 0.15) is 0 Å². The smallest absolute Gasteiger partial charge is 0.251 e. The Bertz CT molecular complexity index is 523. The van der Waals surface area contributed by atoms with E-state index >= 15 is 0 Å². The van der Waals surface area contributed by atoms with Crippen LogP contribution in [-0.4, -0.2) is 36.2 Å². The molecule has 0 radical (unpaired) electrons.